The Balaban J connectivity index is 1.88. The van der Waals surface area contributed by atoms with E-state index in [9.17, 15) is 9.90 Å². The van der Waals surface area contributed by atoms with Crippen molar-refractivity contribution >= 4 is 17.7 Å². The lowest BCUT2D eigenvalue weighted by Gasteiger charge is -2.31. The molecule has 1 unspecified atom stereocenters. The predicted octanol–water partition coefficient (Wildman–Crippen LogP) is 3.22. The molecule has 5 heteroatoms. The number of carbonyl (C=O) groups excluding carboxylic acids is 1. The van der Waals surface area contributed by atoms with Crippen molar-refractivity contribution in [1.29, 1.82) is 0 Å². The maximum Gasteiger partial charge on any atom is 0.254 e. The third-order valence-electron chi connectivity index (χ3n) is 4.40. The van der Waals surface area contributed by atoms with E-state index in [4.69, 9.17) is 0 Å². The van der Waals surface area contributed by atoms with Crippen LogP contribution in [0.5, 0.6) is 0 Å². The van der Waals surface area contributed by atoms with Crippen LogP contribution in [0.4, 0.5) is 0 Å². The van der Waals surface area contributed by atoms with Gasteiger partial charge in [-0.15, -0.1) is 11.8 Å². The van der Waals surface area contributed by atoms with Gasteiger partial charge in [0.25, 0.3) is 5.91 Å². The van der Waals surface area contributed by atoms with E-state index in [2.05, 4.69) is 4.98 Å². The zero-order chi connectivity index (χ0) is 16.9. The van der Waals surface area contributed by atoms with Gasteiger partial charge in [-0.2, -0.15) is 0 Å². The van der Waals surface area contributed by atoms with E-state index in [1.807, 2.05) is 47.6 Å². The lowest BCUT2D eigenvalue weighted by Crippen LogP contribution is -2.43. The maximum absolute atomic E-state index is 13.1. The fourth-order valence-corrected chi connectivity index (χ4v) is 3.33. The van der Waals surface area contributed by atoms with Crippen molar-refractivity contribution in [2.75, 3.05) is 12.9 Å². The van der Waals surface area contributed by atoms with Gasteiger partial charge in [0.15, 0.2) is 0 Å². The largest absolute Gasteiger partial charge is 0.394 e. The summed E-state index contributed by atoms with van der Waals surface area (Å²) in [6.45, 7) is 0.516. The Kier molecular flexibility index (Phi) is 5.53. The van der Waals surface area contributed by atoms with Crippen molar-refractivity contribution in [3.05, 3.63) is 59.8 Å². The average molecular weight is 342 g/mol. The van der Waals surface area contributed by atoms with Crippen LogP contribution >= 0.6 is 11.8 Å². The number of nitrogens with zero attached hydrogens (tertiary/aromatic N) is 2. The SMILES string of the molecule is CSc1cc(C(=O)N(Cc2ccccc2)C(CO)C2CC2)ccn1. The second-order valence-corrected chi connectivity index (χ2v) is 6.92. The van der Waals surface area contributed by atoms with Gasteiger partial charge >= 0.3 is 0 Å². The number of hydrogen-bond acceptors (Lipinski definition) is 4. The zero-order valence-corrected chi connectivity index (χ0v) is 14.6. The van der Waals surface area contributed by atoms with Crippen molar-refractivity contribution < 1.29 is 9.90 Å². The molecule has 1 saturated carbocycles. The van der Waals surface area contributed by atoms with E-state index in [0.29, 0.717) is 18.0 Å². The first kappa shape index (κ1) is 17.0. The number of rotatable bonds is 7. The Morgan fingerprint density at radius 2 is 2.08 bits per heavy atom. The molecule has 0 spiro atoms. The fraction of sp³-hybridized carbons (Fsp3) is 0.368. The van der Waals surface area contributed by atoms with E-state index < -0.39 is 0 Å². The molecular formula is C19H22N2O2S. The summed E-state index contributed by atoms with van der Waals surface area (Å²) in [7, 11) is 0. The number of pyridine rings is 1. The first-order valence-corrected chi connectivity index (χ1v) is 9.41. The van der Waals surface area contributed by atoms with E-state index in [1.54, 1.807) is 12.3 Å². The molecule has 0 bridgehead atoms. The molecule has 3 rings (SSSR count). The van der Waals surface area contributed by atoms with Crippen LogP contribution < -0.4 is 0 Å². The molecule has 0 radical (unpaired) electrons. The number of carbonyl (C=O) groups is 1. The first-order valence-electron chi connectivity index (χ1n) is 8.18. The molecule has 1 atom stereocenters. The number of amides is 1. The fourth-order valence-electron chi connectivity index (χ4n) is 2.92. The topological polar surface area (TPSA) is 53.4 Å². The molecule has 1 amide bonds. The summed E-state index contributed by atoms with van der Waals surface area (Å²) in [4.78, 5) is 19.2. The molecule has 1 fully saturated rings. The summed E-state index contributed by atoms with van der Waals surface area (Å²) in [6, 6.07) is 13.4. The standard InChI is InChI=1S/C19H22N2O2S/c1-24-18-11-16(9-10-20-18)19(23)21(17(13-22)15-7-8-15)12-14-5-3-2-4-6-14/h2-6,9-11,15,17,22H,7-8,12-13H2,1H3. The van der Waals surface area contributed by atoms with Gasteiger partial charge in [0.1, 0.15) is 0 Å². The van der Waals surface area contributed by atoms with Crippen molar-refractivity contribution in [3.8, 4) is 0 Å². The van der Waals surface area contributed by atoms with Crippen LogP contribution in [0.15, 0.2) is 53.7 Å². The van der Waals surface area contributed by atoms with E-state index in [0.717, 1.165) is 23.4 Å². The van der Waals surface area contributed by atoms with Gasteiger partial charge in [-0.05, 0) is 42.7 Å². The predicted molar refractivity (Wildman–Crippen MR) is 95.9 cm³/mol. The number of thioether (sulfide) groups is 1. The molecule has 2 aromatic rings. The van der Waals surface area contributed by atoms with Gasteiger partial charge < -0.3 is 10.0 Å². The molecule has 126 valence electrons. The van der Waals surface area contributed by atoms with Crippen LogP contribution in [-0.4, -0.2) is 39.8 Å². The number of hydrogen-bond donors (Lipinski definition) is 1. The molecule has 1 aliphatic carbocycles. The molecular weight excluding hydrogens is 320 g/mol. The zero-order valence-electron chi connectivity index (χ0n) is 13.8. The minimum atomic E-state index is -0.122. The number of aliphatic hydroxyl groups is 1. The van der Waals surface area contributed by atoms with Crippen LogP contribution in [-0.2, 0) is 6.54 Å². The van der Waals surface area contributed by atoms with Gasteiger partial charge in [-0.1, -0.05) is 30.3 Å². The van der Waals surface area contributed by atoms with E-state index in [-0.39, 0.29) is 18.6 Å². The van der Waals surface area contributed by atoms with Crippen LogP contribution in [0.3, 0.4) is 0 Å². The highest BCUT2D eigenvalue weighted by molar-refractivity contribution is 7.98. The third kappa shape index (κ3) is 3.97. The molecule has 1 N–H and O–H groups in total. The van der Waals surface area contributed by atoms with Crippen LogP contribution in [0, 0.1) is 5.92 Å². The Hall–Kier alpha value is -1.85. The Bertz CT molecular complexity index is 689. The first-order chi connectivity index (χ1) is 11.7. The quantitative estimate of drug-likeness (QED) is 0.785. The lowest BCUT2D eigenvalue weighted by molar-refractivity contribution is 0.0530. The molecule has 4 nitrogen and oxygen atoms in total. The highest BCUT2D eigenvalue weighted by Crippen LogP contribution is 2.36. The highest BCUT2D eigenvalue weighted by Gasteiger charge is 2.37. The Labute approximate surface area is 146 Å². The smallest absolute Gasteiger partial charge is 0.254 e. The van der Waals surface area contributed by atoms with Crippen LogP contribution in [0.2, 0.25) is 0 Å². The van der Waals surface area contributed by atoms with E-state index in [1.165, 1.54) is 11.8 Å². The third-order valence-corrected chi connectivity index (χ3v) is 5.04. The molecule has 1 aromatic heterocycles. The van der Waals surface area contributed by atoms with Crippen molar-refractivity contribution in [2.24, 2.45) is 5.92 Å². The normalized spacial score (nSPS) is 15.1. The number of benzene rings is 1. The van der Waals surface area contributed by atoms with Gasteiger partial charge in [0.05, 0.1) is 17.7 Å². The second-order valence-electron chi connectivity index (χ2n) is 6.09. The Morgan fingerprint density at radius 3 is 2.71 bits per heavy atom. The Morgan fingerprint density at radius 1 is 1.33 bits per heavy atom. The van der Waals surface area contributed by atoms with Gasteiger partial charge in [-0.25, -0.2) is 4.98 Å². The lowest BCUT2D eigenvalue weighted by atomic mass is 10.1. The summed E-state index contributed by atoms with van der Waals surface area (Å²) >= 11 is 1.52. The summed E-state index contributed by atoms with van der Waals surface area (Å²) in [5, 5.41) is 10.7. The van der Waals surface area contributed by atoms with Gasteiger partial charge in [-0.3, -0.25) is 4.79 Å². The highest BCUT2D eigenvalue weighted by atomic mass is 32.2. The summed E-state index contributed by atoms with van der Waals surface area (Å²) in [6.07, 6.45) is 5.77. The second kappa shape index (κ2) is 7.81. The van der Waals surface area contributed by atoms with Gasteiger partial charge in [0, 0.05) is 18.3 Å². The van der Waals surface area contributed by atoms with Crippen molar-refractivity contribution in [2.45, 2.75) is 30.5 Å². The molecule has 24 heavy (non-hydrogen) atoms. The van der Waals surface area contributed by atoms with Crippen LogP contribution in [0.25, 0.3) is 0 Å². The molecule has 1 heterocycles. The minimum absolute atomic E-state index is 0.00368. The number of aromatic nitrogens is 1. The number of aliphatic hydroxyl groups excluding tert-OH is 1. The monoisotopic (exact) mass is 342 g/mol. The average Bonchev–Trinajstić information content (AvgIpc) is 3.47. The minimum Gasteiger partial charge on any atom is -0.394 e. The molecule has 1 aliphatic rings. The summed E-state index contributed by atoms with van der Waals surface area (Å²) in [5.41, 5.74) is 1.70. The van der Waals surface area contributed by atoms with E-state index >= 15 is 0 Å². The molecule has 0 aliphatic heterocycles. The van der Waals surface area contributed by atoms with Crippen LogP contribution in [0.1, 0.15) is 28.8 Å². The molecule has 0 saturated heterocycles. The van der Waals surface area contributed by atoms with Gasteiger partial charge in [0.2, 0.25) is 0 Å². The maximum atomic E-state index is 13.1. The summed E-state index contributed by atoms with van der Waals surface area (Å²) < 4.78 is 0. The van der Waals surface area contributed by atoms with Crippen molar-refractivity contribution in [3.63, 3.8) is 0 Å². The summed E-state index contributed by atoms with van der Waals surface area (Å²) in [5.74, 6) is 0.368. The molecule has 1 aromatic carbocycles. The van der Waals surface area contributed by atoms with Crippen molar-refractivity contribution in [1.82, 2.24) is 9.88 Å².